The van der Waals surface area contributed by atoms with Gasteiger partial charge in [-0.05, 0) is 23.6 Å². The van der Waals surface area contributed by atoms with Crippen LogP contribution in [0.15, 0.2) is 55.0 Å². The Bertz CT molecular complexity index is 1460. The molecule has 0 unspecified atom stereocenters. The van der Waals surface area contributed by atoms with Crippen molar-refractivity contribution in [2.45, 2.75) is 39.1 Å². The van der Waals surface area contributed by atoms with Gasteiger partial charge in [-0.1, -0.05) is 38.1 Å². The van der Waals surface area contributed by atoms with Crippen molar-refractivity contribution in [3.05, 3.63) is 77.5 Å². The van der Waals surface area contributed by atoms with Crippen LogP contribution in [0, 0.1) is 0 Å². The molecule has 4 heterocycles. The average Bonchev–Trinajstić information content (AvgIpc) is 3.28. The molecule has 0 aliphatic carbocycles. The lowest BCUT2D eigenvalue weighted by atomic mass is 10.0. The summed E-state index contributed by atoms with van der Waals surface area (Å²) in [5.74, 6) is 1.25. The number of ether oxygens (including phenoxy) is 1. The summed E-state index contributed by atoms with van der Waals surface area (Å²) in [5.41, 5.74) is 2.62. The fourth-order valence-electron chi connectivity index (χ4n) is 4.19. The van der Waals surface area contributed by atoms with Gasteiger partial charge in [-0.3, -0.25) is 9.88 Å². The normalized spacial score (nSPS) is 13.6. The van der Waals surface area contributed by atoms with Gasteiger partial charge in [-0.25, -0.2) is 19.7 Å². The van der Waals surface area contributed by atoms with E-state index in [2.05, 4.69) is 15.0 Å². The van der Waals surface area contributed by atoms with E-state index in [9.17, 15) is 18.0 Å². The van der Waals surface area contributed by atoms with Crippen molar-refractivity contribution in [3.8, 4) is 22.8 Å². The molecule has 37 heavy (non-hydrogen) atoms. The van der Waals surface area contributed by atoms with E-state index in [0.29, 0.717) is 22.8 Å². The Kier molecular flexibility index (Phi) is 6.14. The van der Waals surface area contributed by atoms with Crippen molar-refractivity contribution < 1.29 is 22.7 Å². The minimum atomic E-state index is -4.52. The van der Waals surface area contributed by atoms with Crippen LogP contribution in [0.5, 0.6) is 0 Å². The number of alkyl halides is 3. The third kappa shape index (κ3) is 4.76. The molecule has 0 saturated heterocycles. The average molecular weight is 509 g/mol. The quantitative estimate of drug-likeness (QED) is 0.342. The Balaban J connectivity index is 1.44. The number of carbonyl (C=O) groups is 1. The molecule has 0 N–H and O–H groups in total. The molecule has 0 atom stereocenters. The number of cyclic esters (lactones) is 1. The van der Waals surface area contributed by atoms with Gasteiger partial charge in [0.2, 0.25) is 0 Å². The lowest BCUT2D eigenvalue weighted by Gasteiger charge is -2.28. The van der Waals surface area contributed by atoms with E-state index < -0.39 is 18.0 Å². The van der Waals surface area contributed by atoms with Crippen LogP contribution in [-0.4, -0.2) is 30.6 Å². The zero-order chi connectivity index (χ0) is 26.3. The number of rotatable bonds is 5. The second kappa shape index (κ2) is 9.30. The second-order valence-corrected chi connectivity index (χ2v) is 9.03. The summed E-state index contributed by atoms with van der Waals surface area (Å²) >= 11 is 0. The van der Waals surface area contributed by atoms with Crippen LogP contribution in [0.3, 0.4) is 0 Å². The number of nitrogens with zero attached hydrogens (tertiary/aromatic N) is 6. The van der Waals surface area contributed by atoms with Crippen molar-refractivity contribution >= 4 is 11.9 Å². The standard InChI is InChI=1S/C26H23F3N6O2/c1-15(2)21-19(5-4-10-30-21)22-31-11-18-14-37-25(36)35(24(18)33-22)12-16-6-8-17(9-7-16)23-32-20(13-34(23)3)26(27,28)29/h4-11,13,15H,12,14H2,1-3H3. The zero-order valence-corrected chi connectivity index (χ0v) is 20.3. The predicted molar refractivity (Wildman–Crippen MR) is 129 cm³/mol. The molecule has 3 aromatic heterocycles. The molecule has 11 heteroatoms. The first kappa shape index (κ1) is 24.4. The van der Waals surface area contributed by atoms with Crippen LogP contribution in [0.1, 0.15) is 42.3 Å². The van der Waals surface area contributed by atoms with Crippen LogP contribution >= 0.6 is 0 Å². The second-order valence-electron chi connectivity index (χ2n) is 9.03. The maximum Gasteiger partial charge on any atom is 0.434 e. The number of imidazole rings is 1. The van der Waals surface area contributed by atoms with E-state index >= 15 is 0 Å². The molecule has 0 bridgehead atoms. The molecule has 0 saturated carbocycles. The Morgan fingerprint density at radius 2 is 1.84 bits per heavy atom. The topological polar surface area (TPSA) is 86.0 Å². The van der Waals surface area contributed by atoms with E-state index in [1.54, 1.807) is 36.7 Å². The number of halogens is 3. The van der Waals surface area contributed by atoms with Crippen molar-refractivity contribution in [2.24, 2.45) is 7.05 Å². The van der Waals surface area contributed by atoms with Crippen molar-refractivity contribution in [3.63, 3.8) is 0 Å². The predicted octanol–water partition coefficient (Wildman–Crippen LogP) is 5.74. The van der Waals surface area contributed by atoms with Gasteiger partial charge in [0.25, 0.3) is 0 Å². The number of hydrogen-bond acceptors (Lipinski definition) is 6. The highest BCUT2D eigenvalue weighted by Gasteiger charge is 2.34. The number of amides is 1. The van der Waals surface area contributed by atoms with E-state index in [1.165, 1.54) is 16.5 Å². The third-order valence-electron chi connectivity index (χ3n) is 6.01. The molecule has 190 valence electrons. The van der Waals surface area contributed by atoms with Crippen LogP contribution in [0.25, 0.3) is 22.8 Å². The van der Waals surface area contributed by atoms with Gasteiger partial charge in [0.05, 0.1) is 17.8 Å². The molecule has 0 fully saturated rings. The summed E-state index contributed by atoms with van der Waals surface area (Å²) < 4.78 is 45.8. The molecule has 1 amide bonds. The molecule has 0 spiro atoms. The highest BCUT2D eigenvalue weighted by Crippen LogP contribution is 2.32. The molecule has 1 aliphatic rings. The largest absolute Gasteiger partial charge is 0.444 e. The van der Waals surface area contributed by atoms with E-state index in [-0.39, 0.29) is 24.9 Å². The highest BCUT2D eigenvalue weighted by molar-refractivity contribution is 5.89. The molecule has 0 radical (unpaired) electrons. The van der Waals surface area contributed by atoms with Crippen molar-refractivity contribution in [1.82, 2.24) is 24.5 Å². The maximum absolute atomic E-state index is 13.0. The van der Waals surface area contributed by atoms with Gasteiger partial charge in [-0.15, -0.1) is 0 Å². The number of benzene rings is 1. The van der Waals surface area contributed by atoms with Gasteiger partial charge >= 0.3 is 12.3 Å². The first-order valence-corrected chi connectivity index (χ1v) is 11.6. The molecule has 1 aliphatic heterocycles. The van der Waals surface area contributed by atoms with Crippen LogP contribution < -0.4 is 4.90 Å². The highest BCUT2D eigenvalue weighted by atomic mass is 19.4. The molecular weight excluding hydrogens is 485 g/mol. The van der Waals surface area contributed by atoms with Crippen LogP contribution in [0.2, 0.25) is 0 Å². The maximum atomic E-state index is 13.0. The first-order valence-electron chi connectivity index (χ1n) is 11.6. The summed E-state index contributed by atoms with van der Waals surface area (Å²) in [5, 5.41) is 0. The number of carbonyl (C=O) groups excluding carboxylic acids is 1. The number of hydrogen-bond donors (Lipinski definition) is 0. The minimum absolute atomic E-state index is 0.0641. The fourth-order valence-corrected chi connectivity index (χ4v) is 4.19. The Morgan fingerprint density at radius 3 is 2.51 bits per heavy atom. The fraction of sp³-hybridized carbons (Fsp3) is 0.269. The summed E-state index contributed by atoms with van der Waals surface area (Å²) in [7, 11) is 1.51. The SMILES string of the molecule is CC(C)c1ncccc1-c1ncc2c(n1)N(Cc1ccc(-c3nc(C(F)(F)F)cn3C)cc1)C(=O)OC2. The summed E-state index contributed by atoms with van der Waals surface area (Å²) in [6.45, 7) is 4.29. The summed E-state index contributed by atoms with van der Waals surface area (Å²) in [6, 6.07) is 10.5. The summed E-state index contributed by atoms with van der Waals surface area (Å²) in [6.07, 6.45) is -0.746. The number of fused-ring (bicyclic) bond motifs is 1. The van der Waals surface area contributed by atoms with Crippen molar-refractivity contribution in [2.75, 3.05) is 4.90 Å². The first-order chi connectivity index (χ1) is 17.6. The Hall–Kier alpha value is -4.28. The van der Waals surface area contributed by atoms with Gasteiger partial charge in [0.1, 0.15) is 18.2 Å². The number of aryl methyl sites for hydroxylation is 1. The zero-order valence-electron chi connectivity index (χ0n) is 20.3. The summed E-state index contributed by atoms with van der Waals surface area (Å²) in [4.78, 5) is 31.5. The number of aromatic nitrogens is 5. The molecule has 1 aromatic carbocycles. The van der Waals surface area contributed by atoms with Gasteiger partial charge in [-0.2, -0.15) is 13.2 Å². The lowest BCUT2D eigenvalue weighted by Crippen LogP contribution is -2.36. The molecule has 4 aromatic rings. The molecule has 5 rings (SSSR count). The smallest absolute Gasteiger partial charge is 0.434 e. The van der Waals surface area contributed by atoms with Gasteiger partial charge < -0.3 is 9.30 Å². The third-order valence-corrected chi connectivity index (χ3v) is 6.01. The van der Waals surface area contributed by atoms with E-state index in [1.807, 2.05) is 26.0 Å². The number of anilines is 1. The van der Waals surface area contributed by atoms with Gasteiger partial charge in [0, 0.05) is 36.8 Å². The Morgan fingerprint density at radius 1 is 1.08 bits per heavy atom. The van der Waals surface area contributed by atoms with Crippen LogP contribution in [0.4, 0.5) is 23.8 Å². The monoisotopic (exact) mass is 508 g/mol. The van der Waals surface area contributed by atoms with Gasteiger partial charge in [0.15, 0.2) is 11.5 Å². The number of pyridine rings is 1. The molecule has 8 nitrogen and oxygen atoms in total. The van der Waals surface area contributed by atoms with Crippen LogP contribution in [-0.2, 0) is 31.1 Å². The minimum Gasteiger partial charge on any atom is -0.444 e. The van der Waals surface area contributed by atoms with Crippen molar-refractivity contribution in [1.29, 1.82) is 0 Å². The molecular formula is C26H23F3N6O2. The lowest BCUT2D eigenvalue weighted by molar-refractivity contribution is -0.140. The Labute approximate surface area is 210 Å². The van der Waals surface area contributed by atoms with E-state index in [0.717, 1.165) is 23.0 Å². The van der Waals surface area contributed by atoms with E-state index in [4.69, 9.17) is 9.72 Å².